The molecule has 4 rings (SSSR count). The number of phenols is 1. The number of nitrogens with one attached hydrogen (secondary N) is 1. The first-order valence-corrected chi connectivity index (χ1v) is 26.9. The second kappa shape index (κ2) is 19.0. The summed E-state index contributed by atoms with van der Waals surface area (Å²) in [6.45, 7) is -2.39. The molecule has 0 aliphatic carbocycles. The van der Waals surface area contributed by atoms with E-state index in [1.165, 1.54) is 19.2 Å². The Hall–Kier alpha value is -5.09. The van der Waals surface area contributed by atoms with Crippen LogP contribution in [0.5, 0.6) is 17.2 Å². The summed E-state index contributed by atoms with van der Waals surface area (Å²) in [5, 5.41) is 27.9. The normalized spacial score (nSPS) is 13.5. The maximum absolute atomic E-state index is 13.2. The van der Waals surface area contributed by atoms with Crippen molar-refractivity contribution >= 4 is 110 Å². The number of benzene rings is 4. The van der Waals surface area contributed by atoms with Gasteiger partial charge in [0.25, 0.3) is 30.4 Å². The number of ether oxygens (including phenoxy) is 2. The van der Waals surface area contributed by atoms with Gasteiger partial charge in [0.15, 0.2) is 25.4 Å². The zero-order chi connectivity index (χ0) is 49.3. The molecular weight excluding hydrogens is 1030 g/mol. The van der Waals surface area contributed by atoms with Gasteiger partial charge in [0, 0.05) is 30.0 Å². The van der Waals surface area contributed by atoms with Gasteiger partial charge >= 0.3 is 20.8 Å². The van der Waals surface area contributed by atoms with Crippen molar-refractivity contribution in [1.82, 2.24) is 0 Å². The minimum absolute atomic E-state index is 0.0308. The van der Waals surface area contributed by atoms with Crippen LogP contribution in [0, 0.1) is 0 Å². The van der Waals surface area contributed by atoms with E-state index in [0.717, 1.165) is 20.3 Å². The summed E-state index contributed by atoms with van der Waals surface area (Å²) >= 11 is 0. The fourth-order valence-electron chi connectivity index (χ4n) is 5.41. The predicted molar refractivity (Wildman–Crippen MR) is 218 cm³/mol. The Morgan fingerprint density at radius 2 is 1.03 bits per heavy atom. The summed E-state index contributed by atoms with van der Waals surface area (Å²) in [5.41, 5.74) is -3.12. The molecule has 0 amide bonds. The van der Waals surface area contributed by atoms with Crippen molar-refractivity contribution in [3.63, 3.8) is 0 Å². The van der Waals surface area contributed by atoms with Crippen molar-refractivity contribution < 1.29 is 105 Å². The summed E-state index contributed by atoms with van der Waals surface area (Å²) < 4.78 is 237. The Morgan fingerprint density at radius 1 is 0.523 bits per heavy atom. The van der Waals surface area contributed by atoms with Gasteiger partial charge in [0.05, 0.1) is 49.5 Å². The molecule has 65 heavy (non-hydrogen) atoms. The monoisotopic (exact) mass is 1060 g/mol. The topological polar surface area (TPSA) is 459 Å². The van der Waals surface area contributed by atoms with E-state index in [4.69, 9.17) is 18.6 Å². The van der Waals surface area contributed by atoms with Gasteiger partial charge in [0.2, 0.25) is 0 Å². The van der Waals surface area contributed by atoms with E-state index in [2.05, 4.69) is 34.1 Å². The molecule has 0 radical (unpaired) electrons. The lowest BCUT2D eigenvalue weighted by atomic mass is 10.0. The van der Waals surface area contributed by atoms with Gasteiger partial charge in [-0.25, -0.2) is 25.2 Å². The van der Waals surface area contributed by atoms with Crippen LogP contribution in [0.2, 0.25) is 0 Å². The maximum Gasteiger partial charge on any atom is 0.397 e. The summed E-state index contributed by atoms with van der Waals surface area (Å²) in [7, 11) is -33.3. The van der Waals surface area contributed by atoms with Crippen molar-refractivity contribution in [3.8, 4) is 17.2 Å². The molecular formula is C29H31N5O24S7. The molecule has 36 heteroatoms. The van der Waals surface area contributed by atoms with E-state index in [1.54, 1.807) is 0 Å². The third kappa shape index (κ3) is 12.8. The van der Waals surface area contributed by atoms with Crippen molar-refractivity contribution in [2.75, 3.05) is 51.3 Å². The number of rotatable bonds is 20. The van der Waals surface area contributed by atoms with Gasteiger partial charge in [-0.15, -0.1) is 20.5 Å². The number of aromatic hydroxyl groups is 1. The van der Waals surface area contributed by atoms with Crippen molar-refractivity contribution in [1.29, 1.82) is 0 Å². The summed E-state index contributed by atoms with van der Waals surface area (Å²) in [6.07, 6.45) is 0. The molecule has 0 aliphatic heterocycles. The fraction of sp³-hybridized carbons (Fsp3) is 0.241. The Kier molecular flexibility index (Phi) is 15.4. The molecule has 29 nitrogen and oxygen atoms in total. The van der Waals surface area contributed by atoms with Crippen molar-refractivity contribution in [3.05, 3.63) is 42.5 Å². The highest BCUT2D eigenvalue weighted by molar-refractivity contribution is 7.93. The zero-order valence-electron chi connectivity index (χ0n) is 32.5. The molecule has 358 valence electrons. The number of azo groups is 2. The summed E-state index contributed by atoms with van der Waals surface area (Å²) in [6, 6.07) is 4.77. The molecule has 0 saturated heterocycles. The average Bonchev–Trinajstić information content (AvgIpc) is 3.15. The Bertz CT molecular complexity index is 3450. The SMILES string of the molecule is CNc1ccc2c(OC)c(N=Nc3cc(OC)c(S(=O)(=O)CCOS(=O)(=O)O)cc3O)c(S(=O)(=O)O)cc2c1N=Nc1cc(S(=O)(=O)CCOS(=O)(=O)O)c(S(=O)(=O)O)cc1S(=O)(=O)O. The molecule has 0 heterocycles. The third-order valence-electron chi connectivity index (χ3n) is 8.13. The lowest BCUT2D eigenvalue weighted by Crippen LogP contribution is -2.18. The van der Waals surface area contributed by atoms with Crippen LogP contribution in [0.4, 0.5) is 28.4 Å². The van der Waals surface area contributed by atoms with Crippen LogP contribution in [0.15, 0.2) is 87.4 Å². The first-order chi connectivity index (χ1) is 29.6. The van der Waals surface area contributed by atoms with E-state index >= 15 is 0 Å². The zero-order valence-corrected chi connectivity index (χ0v) is 38.3. The van der Waals surface area contributed by atoms with Gasteiger partial charge in [-0.1, -0.05) is 0 Å². The number of hydrogen-bond acceptors (Lipinski definition) is 24. The quantitative estimate of drug-likeness (QED) is 0.0493. The van der Waals surface area contributed by atoms with Crippen LogP contribution in [0.25, 0.3) is 10.8 Å². The second-order valence-corrected chi connectivity index (χ2v) is 22.8. The van der Waals surface area contributed by atoms with Gasteiger partial charge in [-0.2, -0.15) is 42.1 Å². The minimum Gasteiger partial charge on any atom is -0.506 e. The van der Waals surface area contributed by atoms with Crippen LogP contribution in [-0.2, 0) is 79.2 Å². The van der Waals surface area contributed by atoms with Crippen molar-refractivity contribution in [2.45, 2.75) is 24.5 Å². The van der Waals surface area contributed by atoms with E-state index in [-0.39, 0.29) is 28.6 Å². The van der Waals surface area contributed by atoms with E-state index in [1.807, 2.05) is 0 Å². The largest absolute Gasteiger partial charge is 0.506 e. The number of methoxy groups -OCH3 is 2. The number of anilines is 1. The standard InChI is InChI=1S/C29H31N5O24S7/c1-30-17-5-4-15-16(27(17)33-32-19-12-24(60(38,39)9-7-58-65(52,53)54)25(62(43,44)45)14-22(19)61(40,41)42)10-26(63(46,47)48)28(29(15)56-3)34-31-18-11-21(55-2)23(13-20(18)35)59(36,37)8-6-57-64(49,50)51/h4-5,10-14,30,35H,6-9H2,1-3H3,(H,40,41,42)(H,43,44,45)(H,46,47,48)(H,49,50,51)(H,52,53,54). The summed E-state index contributed by atoms with van der Waals surface area (Å²) in [5.74, 6) is -4.46. The Balaban J connectivity index is 1.99. The van der Waals surface area contributed by atoms with Crippen LogP contribution in [0.1, 0.15) is 0 Å². The molecule has 0 unspecified atom stereocenters. The molecule has 0 fully saturated rings. The number of phenolic OH excluding ortho intramolecular Hbond substituents is 1. The predicted octanol–water partition coefficient (Wildman–Crippen LogP) is 2.36. The number of fused-ring (bicyclic) bond motifs is 1. The highest BCUT2D eigenvalue weighted by atomic mass is 32.3. The van der Waals surface area contributed by atoms with E-state index in [0.29, 0.717) is 12.1 Å². The summed E-state index contributed by atoms with van der Waals surface area (Å²) in [4.78, 5) is -6.42. The molecule has 0 bridgehead atoms. The Labute approximate surface area is 368 Å². The molecule has 0 aliphatic rings. The highest BCUT2D eigenvalue weighted by Gasteiger charge is 2.32. The van der Waals surface area contributed by atoms with E-state index in [9.17, 15) is 77.7 Å². The molecule has 0 spiro atoms. The highest BCUT2D eigenvalue weighted by Crippen LogP contribution is 2.48. The smallest absolute Gasteiger partial charge is 0.397 e. The number of hydrogen-bond donors (Lipinski definition) is 7. The lowest BCUT2D eigenvalue weighted by Gasteiger charge is -2.15. The van der Waals surface area contributed by atoms with E-state index < -0.39 is 160 Å². The maximum atomic E-state index is 13.2. The molecule has 0 atom stereocenters. The Morgan fingerprint density at radius 3 is 1.51 bits per heavy atom. The second-order valence-electron chi connectivity index (χ2n) is 12.3. The lowest BCUT2D eigenvalue weighted by molar-refractivity contribution is 0.282. The average molecular weight is 1060 g/mol. The third-order valence-corrected chi connectivity index (χ3v) is 15.2. The number of sulfone groups is 2. The molecule has 0 aromatic heterocycles. The minimum atomic E-state index is -5.68. The molecule has 4 aromatic carbocycles. The van der Waals surface area contributed by atoms with Crippen LogP contribution < -0.4 is 14.8 Å². The van der Waals surface area contributed by atoms with Gasteiger partial charge in [-0.3, -0.25) is 22.8 Å². The van der Waals surface area contributed by atoms with Crippen LogP contribution in [0.3, 0.4) is 0 Å². The first kappa shape index (κ1) is 52.5. The van der Waals surface area contributed by atoms with Gasteiger partial charge in [0.1, 0.15) is 53.8 Å². The van der Waals surface area contributed by atoms with Crippen LogP contribution >= 0.6 is 0 Å². The fourth-order valence-corrected chi connectivity index (χ4v) is 11.3. The molecule has 7 N–H and O–H groups in total. The van der Waals surface area contributed by atoms with Gasteiger partial charge < -0.3 is 19.9 Å². The first-order valence-electron chi connectivity index (χ1n) is 16.5. The van der Waals surface area contributed by atoms with Gasteiger partial charge in [-0.05, 0) is 30.3 Å². The van der Waals surface area contributed by atoms with Crippen molar-refractivity contribution in [2.24, 2.45) is 20.5 Å². The molecule has 4 aromatic rings. The van der Waals surface area contributed by atoms with Crippen LogP contribution in [-0.4, -0.2) is 133 Å². The number of nitrogens with zero attached hydrogens (tertiary/aromatic N) is 4. The molecule has 0 saturated carbocycles.